The Morgan fingerprint density at radius 3 is 2.33 bits per heavy atom. The number of alkyl halides is 3. The normalized spacial score (nSPS) is 12.7. The summed E-state index contributed by atoms with van der Waals surface area (Å²) in [4.78, 5) is 12.3. The number of nitrogens with two attached hydrogens (primary N) is 1. The lowest BCUT2D eigenvalue weighted by atomic mass is 9.98. The first kappa shape index (κ1) is 18.0. The average Bonchev–Trinajstić information content (AvgIpc) is 2.54. The van der Waals surface area contributed by atoms with E-state index in [9.17, 15) is 18.0 Å². The smallest absolute Gasteiger partial charge is 0.352 e. The minimum Gasteiger partial charge on any atom is -0.352 e. The predicted octanol–water partition coefficient (Wildman–Crippen LogP) is 3.84. The van der Waals surface area contributed by atoms with Crippen molar-refractivity contribution in [2.45, 2.75) is 25.6 Å². The number of hydrogen-bond donors (Lipinski definition) is 2. The lowest BCUT2D eigenvalue weighted by molar-refractivity contribution is -0.137. The number of nitrogens with one attached hydrogen (secondary N) is 1. The van der Waals surface area contributed by atoms with Gasteiger partial charge in [-0.15, -0.1) is 0 Å². The molecule has 6 heteroatoms. The zero-order valence-electron chi connectivity index (χ0n) is 13.2. The molecule has 0 bridgehead atoms. The Balaban J connectivity index is 2.24. The minimum atomic E-state index is -4.38. The van der Waals surface area contributed by atoms with Gasteiger partial charge in [0.25, 0.3) is 5.91 Å². The van der Waals surface area contributed by atoms with Gasteiger partial charge in [0, 0.05) is 18.2 Å². The molecule has 0 heterocycles. The van der Waals surface area contributed by atoms with Gasteiger partial charge in [0.2, 0.25) is 0 Å². The van der Waals surface area contributed by atoms with Crippen LogP contribution in [0, 0.1) is 0 Å². The van der Waals surface area contributed by atoms with Crippen molar-refractivity contribution in [3.8, 4) is 11.1 Å². The van der Waals surface area contributed by atoms with Gasteiger partial charge in [-0.05, 0) is 42.7 Å². The van der Waals surface area contributed by atoms with Crippen LogP contribution in [-0.2, 0) is 6.18 Å². The lowest BCUT2D eigenvalue weighted by Gasteiger charge is -2.12. The standard InChI is InChI=1S/C18H19F3N2O/c1-12(22)10-11-23-17(24)16-5-3-2-4-15(16)13-6-8-14(9-7-13)18(19,20)21/h2-9,12H,10-11,22H2,1H3,(H,23,24). The van der Waals surface area contributed by atoms with Crippen LogP contribution in [0.5, 0.6) is 0 Å². The van der Waals surface area contributed by atoms with Gasteiger partial charge in [0.05, 0.1) is 5.56 Å². The van der Waals surface area contributed by atoms with Crippen molar-refractivity contribution in [3.05, 3.63) is 59.7 Å². The van der Waals surface area contributed by atoms with Crippen molar-refractivity contribution in [2.24, 2.45) is 5.73 Å². The summed E-state index contributed by atoms with van der Waals surface area (Å²) in [6.45, 7) is 2.29. The first-order chi connectivity index (χ1) is 11.3. The van der Waals surface area contributed by atoms with Gasteiger partial charge in [-0.25, -0.2) is 0 Å². The van der Waals surface area contributed by atoms with Gasteiger partial charge in [0.1, 0.15) is 0 Å². The van der Waals surface area contributed by atoms with Gasteiger partial charge in [-0.3, -0.25) is 4.79 Å². The van der Waals surface area contributed by atoms with E-state index in [4.69, 9.17) is 5.73 Å². The largest absolute Gasteiger partial charge is 0.416 e. The summed E-state index contributed by atoms with van der Waals surface area (Å²) in [6, 6.07) is 11.6. The zero-order chi connectivity index (χ0) is 17.7. The number of rotatable bonds is 5. The topological polar surface area (TPSA) is 55.1 Å². The van der Waals surface area contributed by atoms with E-state index < -0.39 is 11.7 Å². The summed E-state index contributed by atoms with van der Waals surface area (Å²) >= 11 is 0. The van der Waals surface area contributed by atoms with Gasteiger partial charge < -0.3 is 11.1 Å². The molecule has 1 amide bonds. The molecule has 0 fully saturated rings. The van der Waals surface area contributed by atoms with Crippen LogP contribution in [0.3, 0.4) is 0 Å². The van der Waals surface area contributed by atoms with Crippen LogP contribution in [-0.4, -0.2) is 18.5 Å². The van der Waals surface area contributed by atoms with Gasteiger partial charge >= 0.3 is 6.18 Å². The third-order valence-electron chi connectivity index (χ3n) is 3.58. The van der Waals surface area contributed by atoms with E-state index in [1.165, 1.54) is 12.1 Å². The van der Waals surface area contributed by atoms with E-state index in [1.807, 2.05) is 6.92 Å². The second kappa shape index (κ2) is 7.49. The van der Waals surface area contributed by atoms with E-state index >= 15 is 0 Å². The van der Waals surface area contributed by atoms with Crippen LogP contribution in [0.4, 0.5) is 13.2 Å². The molecule has 128 valence electrons. The highest BCUT2D eigenvalue weighted by Crippen LogP contribution is 2.31. The number of hydrogen-bond acceptors (Lipinski definition) is 2. The molecular weight excluding hydrogens is 317 g/mol. The Morgan fingerprint density at radius 2 is 1.75 bits per heavy atom. The Hall–Kier alpha value is -2.34. The maximum atomic E-state index is 12.7. The Labute approximate surface area is 138 Å². The molecule has 0 spiro atoms. The number of carbonyl (C=O) groups excluding carboxylic acids is 1. The Kier molecular flexibility index (Phi) is 5.62. The van der Waals surface area contributed by atoms with E-state index in [1.54, 1.807) is 24.3 Å². The number of amides is 1. The highest BCUT2D eigenvalue weighted by Gasteiger charge is 2.30. The van der Waals surface area contributed by atoms with Gasteiger partial charge in [-0.1, -0.05) is 30.3 Å². The highest BCUT2D eigenvalue weighted by atomic mass is 19.4. The quantitative estimate of drug-likeness (QED) is 0.872. The molecule has 2 aromatic carbocycles. The molecule has 0 saturated heterocycles. The second-order valence-corrected chi connectivity index (χ2v) is 5.64. The molecule has 3 N–H and O–H groups in total. The van der Waals surface area contributed by atoms with E-state index in [0.29, 0.717) is 29.7 Å². The fraction of sp³-hybridized carbons (Fsp3) is 0.278. The second-order valence-electron chi connectivity index (χ2n) is 5.64. The monoisotopic (exact) mass is 336 g/mol. The Morgan fingerprint density at radius 1 is 1.12 bits per heavy atom. The summed E-state index contributed by atoms with van der Waals surface area (Å²) in [5.74, 6) is -0.272. The van der Waals surface area contributed by atoms with Crippen LogP contribution in [0.2, 0.25) is 0 Å². The first-order valence-corrected chi connectivity index (χ1v) is 7.59. The fourth-order valence-electron chi connectivity index (χ4n) is 2.28. The molecule has 1 unspecified atom stereocenters. The summed E-state index contributed by atoms with van der Waals surface area (Å²) in [6.07, 6.45) is -3.73. The third kappa shape index (κ3) is 4.58. The van der Waals surface area contributed by atoms with Crippen LogP contribution < -0.4 is 11.1 Å². The molecule has 0 saturated carbocycles. The van der Waals surface area contributed by atoms with Crippen molar-refractivity contribution < 1.29 is 18.0 Å². The SMILES string of the molecule is CC(N)CCNC(=O)c1ccccc1-c1ccc(C(F)(F)F)cc1. The van der Waals surface area contributed by atoms with Crippen molar-refractivity contribution in [2.75, 3.05) is 6.54 Å². The predicted molar refractivity (Wildman–Crippen MR) is 87.5 cm³/mol. The molecule has 3 nitrogen and oxygen atoms in total. The maximum Gasteiger partial charge on any atom is 0.416 e. The molecule has 2 rings (SSSR count). The van der Waals surface area contributed by atoms with Gasteiger partial charge in [-0.2, -0.15) is 13.2 Å². The minimum absolute atomic E-state index is 0.0181. The molecule has 1 atom stereocenters. The van der Waals surface area contributed by atoms with Crippen molar-refractivity contribution in [1.82, 2.24) is 5.32 Å². The van der Waals surface area contributed by atoms with Crippen molar-refractivity contribution in [1.29, 1.82) is 0 Å². The third-order valence-corrected chi connectivity index (χ3v) is 3.58. The van der Waals surface area contributed by atoms with E-state index in [2.05, 4.69) is 5.32 Å². The summed E-state index contributed by atoms with van der Waals surface area (Å²) < 4.78 is 38.0. The van der Waals surface area contributed by atoms with E-state index in [-0.39, 0.29) is 11.9 Å². The molecule has 0 radical (unpaired) electrons. The summed E-state index contributed by atoms with van der Waals surface area (Å²) in [5.41, 5.74) is 6.49. The molecule has 2 aromatic rings. The summed E-state index contributed by atoms with van der Waals surface area (Å²) in [5, 5.41) is 2.78. The first-order valence-electron chi connectivity index (χ1n) is 7.59. The number of halogens is 3. The number of benzene rings is 2. The molecule has 0 aliphatic carbocycles. The molecule has 24 heavy (non-hydrogen) atoms. The maximum absolute atomic E-state index is 12.7. The number of carbonyl (C=O) groups is 1. The van der Waals surface area contributed by atoms with Crippen LogP contribution in [0.25, 0.3) is 11.1 Å². The van der Waals surface area contributed by atoms with Crippen LogP contribution in [0.15, 0.2) is 48.5 Å². The Bertz CT molecular complexity index is 694. The van der Waals surface area contributed by atoms with Crippen molar-refractivity contribution >= 4 is 5.91 Å². The van der Waals surface area contributed by atoms with Crippen LogP contribution >= 0.6 is 0 Å². The molecular formula is C18H19F3N2O. The lowest BCUT2D eigenvalue weighted by Crippen LogP contribution is -2.29. The average molecular weight is 336 g/mol. The highest BCUT2D eigenvalue weighted by molar-refractivity contribution is 6.00. The van der Waals surface area contributed by atoms with E-state index in [0.717, 1.165) is 12.1 Å². The zero-order valence-corrected chi connectivity index (χ0v) is 13.2. The fourth-order valence-corrected chi connectivity index (χ4v) is 2.28. The molecule has 0 aliphatic rings. The van der Waals surface area contributed by atoms with Crippen molar-refractivity contribution in [3.63, 3.8) is 0 Å². The summed E-state index contributed by atoms with van der Waals surface area (Å²) in [7, 11) is 0. The molecule has 0 aromatic heterocycles. The molecule has 0 aliphatic heterocycles. The van der Waals surface area contributed by atoms with Crippen LogP contribution in [0.1, 0.15) is 29.3 Å². The van der Waals surface area contributed by atoms with Gasteiger partial charge in [0.15, 0.2) is 0 Å².